The van der Waals surface area contributed by atoms with Gasteiger partial charge in [0.1, 0.15) is 22.9 Å². The molecule has 9 heteroatoms. The molecule has 3 rings (SSSR count). The predicted octanol–water partition coefficient (Wildman–Crippen LogP) is -0.0452. The highest BCUT2D eigenvalue weighted by Crippen LogP contribution is 2.29. The molecule has 0 aliphatic rings. The molecule has 0 spiro atoms. The predicted molar refractivity (Wildman–Crippen MR) is 72.9 cm³/mol. The molecule has 0 unspecified atom stereocenters. The van der Waals surface area contributed by atoms with Gasteiger partial charge in [0, 0.05) is 30.6 Å². The molecule has 0 saturated carbocycles. The Balaban J connectivity index is 2.23. The molecular formula is C12H10BN5O3. The molecule has 0 aromatic carbocycles. The Hall–Kier alpha value is -2.83. The summed E-state index contributed by atoms with van der Waals surface area (Å²) in [5.74, 6) is 0.153. The number of hydrogen-bond donors (Lipinski definition) is 2. The van der Waals surface area contributed by atoms with Gasteiger partial charge in [-0.2, -0.15) is 15.5 Å². The summed E-state index contributed by atoms with van der Waals surface area (Å²) in [6, 6.07) is 3.59. The van der Waals surface area contributed by atoms with Gasteiger partial charge in [0.25, 0.3) is 0 Å². The van der Waals surface area contributed by atoms with Crippen LogP contribution in [-0.4, -0.2) is 36.8 Å². The second kappa shape index (κ2) is 4.94. The van der Waals surface area contributed by atoms with Crippen molar-refractivity contribution < 1.29 is 14.7 Å². The van der Waals surface area contributed by atoms with Crippen LogP contribution < -0.4 is 4.65 Å². The minimum Gasteiger partial charge on any atom is -0.510 e. The Morgan fingerprint density at radius 2 is 2.05 bits per heavy atom. The van der Waals surface area contributed by atoms with Crippen LogP contribution >= 0.6 is 0 Å². The minimum atomic E-state index is -1.99. The fourth-order valence-corrected chi connectivity index (χ4v) is 2.10. The molecule has 0 amide bonds. The van der Waals surface area contributed by atoms with Gasteiger partial charge >= 0.3 is 7.32 Å². The molecule has 104 valence electrons. The van der Waals surface area contributed by atoms with Crippen molar-refractivity contribution in [2.24, 2.45) is 7.05 Å². The van der Waals surface area contributed by atoms with Crippen molar-refractivity contribution in [3.63, 3.8) is 0 Å². The standard InChI is InChI=1S/C12H10BN5O3/c1-17-6-10(5-15-17)8-2-11(21-13(19)20)12-9(3-14)4-16-18(12)7-8/h2,4-7,19-20H,1H3. The number of aryl methyl sites for hydroxylation is 1. The van der Waals surface area contributed by atoms with E-state index in [0.29, 0.717) is 5.52 Å². The van der Waals surface area contributed by atoms with Crippen LogP contribution in [0.3, 0.4) is 0 Å². The Bertz CT molecular complexity index is 848. The molecular weight excluding hydrogens is 273 g/mol. The van der Waals surface area contributed by atoms with E-state index in [1.54, 1.807) is 36.4 Å². The largest absolute Gasteiger partial charge is 0.707 e. The molecule has 21 heavy (non-hydrogen) atoms. The van der Waals surface area contributed by atoms with Crippen molar-refractivity contribution in [2.45, 2.75) is 0 Å². The first-order chi connectivity index (χ1) is 10.1. The smallest absolute Gasteiger partial charge is 0.510 e. The number of fused-ring (bicyclic) bond motifs is 1. The van der Waals surface area contributed by atoms with E-state index in [0.717, 1.165) is 11.1 Å². The van der Waals surface area contributed by atoms with E-state index >= 15 is 0 Å². The molecule has 0 saturated heterocycles. The zero-order valence-electron chi connectivity index (χ0n) is 11.0. The Labute approximate surface area is 119 Å². The lowest BCUT2D eigenvalue weighted by atomic mass is 10.1. The van der Waals surface area contributed by atoms with E-state index < -0.39 is 7.32 Å². The summed E-state index contributed by atoms with van der Waals surface area (Å²) in [4.78, 5) is 0. The highest BCUT2D eigenvalue weighted by Gasteiger charge is 2.18. The lowest BCUT2D eigenvalue weighted by molar-refractivity contribution is 0.289. The van der Waals surface area contributed by atoms with Gasteiger partial charge in [-0.05, 0) is 6.07 Å². The second-order valence-electron chi connectivity index (χ2n) is 4.40. The quantitative estimate of drug-likeness (QED) is 0.652. The van der Waals surface area contributed by atoms with E-state index in [-0.39, 0.29) is 11.3 Å². The SMILES string of the molecule is Cn1cc(-c2cc(OB(O)O)c3c(C#N)cnn3c2)cn1. The summed E-state index contributed by atoms with van der Waals surface area (Å²) in [6.45, 7) is 0. The lowest BCUT2D eigenvalue weighted by Crippen LogP contribution is -2.21. The van der Waals surface area contributed by atoms with Crippen LogP contribution in [-0.2, 0) is 7.05 Å². The molecule has 2 N–H and O–H groups in total. The van der Waals surface area contributed by atoms with Gasteiger partial charge in [-0.1, -0.05) is 0 Å². The van der Waals surface area contributed by atoms with Gasteiger partial charge in [-0.15, -0.1) is 0 Å². The average molecular weight is 283 g/mol. The molecule has 3 aromatic rings. The van der Waals surface area contributed by atoms with E-state index in [1.807, 2.05) is 6.07 Å². The number of nitriles is 1. The summed E-state index contributed by atoms with van der Waals surface area (Å²) >= 11 is 0. The minimum absolute atomic E-state index is 0.153. The lowest BCUT2D eigenvalue weighted by Gasteiger charge is -2.09. The fraction of sp³-hybridized carbons (Fsp3) is 0.0833. The van der Waals surface area contributed by atoms with E-state index in [9.17, 15) is 0 Å². The van der Waals surface area contributed by atoms with Gasteiger partial charge in [-0.3, -0.25) is 4.68 Å². The van der Waals surface area contributed by atoms with Crippen LogP contribution in [0.1, 0.15) is 5.56 Å². The van der Waals surface area contributed by atoms with Gasteiger partial charge in [-0.25, -0.2) is 4.52 Å². The molecule has 0 atom stereocenters. The Morgan fingerprint density at radius 1 is 1.24 bits per heavy atom. The van der Waals surface area contributed by atoms with Crippen LogP contribution in [0.25, 0.3) is 16.6 Å². The third-order valence-corrected chi connectivity index (χ3v) is 2.97. The maximum absolute atomic E-state index is 9.08. The Kier molecular flexibility index (Phi) is 3.10. The third-order valence-electron chi connectivity index (χ3n) is 2.97. The number of aromatic nitrogens is 4. The topological polar surface area (TPSA) is 109 Å². The van der Waals surface area contributed by atoms with Gasteiger partial charge in [0.15, 0.2) is 0 Å². The van der Waals surface area contributed by atoms with Crippen molar-refractivity contribution in [3.05, 3.63) is 36.4 Å². The fourth-order valence-electron chi connectivity index (χ4n) is 2.10. The molecule has 3 heterocycles. The Morgan fingerprint density at radius 3 is 2.67 bits per heavy atom. The molecule has 0 aliphatic carbocycles. The summed E-state index contributed by atoms with van der Waals surface area (Å²) in [5.41, 5.74) is 2.19. The average Bonchev–Trinajstić information content (AvgIpc) is 3.03. The monoisotopic (exact) mass is 283 g/mol. The van der Waals surface area contributed by atoms with E-state index in [2.05, 4.69) is 10.2 Å². The van der Waals surface area contributed by atoms with Crippen molar-refractivity contribution in [2.75, 3.05) is 0 Å². The van der Waals surface area contributed by atoms with Crippen molar-refractivity contribution in [1.82, 2.24) is 19.4 Å². The van der Waals surface area contributed by atoms with Crippen LogP contribution in [0.5, 0.6) is 5.75 Å². The molecule has 0 bridgehead atoms. The molecule has 0 fully saturated rings. The highest BCUT2D eigenvalue weighted by atomic mass is 16.6. The summed E-state index contributed by atoms with van der Waals surface area (Å²) < 4.78 is 8.07. The number of rotatable bonds is 3. The van der Waals surface area contributed by atoms with Crippen molar-refractivity contribution in [3.8, 4) is 22.9 Å². The normalized spacial score (nSPS) is 10.6. The number of pyridine rings is 1. The van der Waals surface area contributed by atoms with Crippen molar-refractivity contribution >= 4 is 12.8 Å². The van der Waals surface area contributed by atoms with Crippen LogP contribution in [0.2, 0.25) is 0 Å². The number of hydrogen-bond acceptors (Lipinski definition) is 6. The number of nitrogens with zero attached hydrogens (tertiary/aromatic N) is 5. The summed E-state index contributed by atoms with van der Waals surface area (Å²) in [6.07, 6.45) is 6.56. The molecule has 3 aromatic heterocycles. The molecule has 8 nitrogen and oxygen atoms in total. The summed E-state index contributed by atoms with van der Waals surface area (Å²) in [7, 11) is -0.196. The van der Waals surface area contributed by atoms with Gasteiger partial charge in [0.2, 0.25) is 0 Å². The van der Waals surface area contributed by atoms with Gasteiger partial charge < -0.3 is 14.7 Å². The third kappa shape index (κ3) is 2.33. The highest BCUT2D eigenvalue weighted by molar-refractivity contribution is 6.34. The van der Waals surface area contributed by atoms with E-state index in [1.165, 1.54) is 10.7 Å². The molecule has 0 radical (unpaired) electrons. The maximum atomic E-state index is 9.08. The van der Waals surface area contributed by atoms with Crippen LogP contribution in [0.4, 0.5) is 0 Å². The molecule has 0 aliphatic heterocycles. The zero-order valence-corrected chi connectivity index (χ0v) is 11.0. The van der Waals surface area contributed by atoms with Gasteiger partial charge in [0.05, 0.1) is 12.4 Å². The first-order valence-corrected chi connectivity index (χ1v) is 6.02. The van der Waals surface area contributed by atoms with Crippen molar-refractivity contribution in [1.29, 1.82) is 5.26 Å². The van der Waals surface area contributed by atoms with Crippen LogP contribution in [0, 0.1) is 11.3 Å². The first kappa shape index (κ1) is 13.2. The second-order valence-corrected chi connectivity index (χ2v) is 4.40. The zero-order chi connectivity index (χ0) is 15.0. The van der Waals surface area contributed by atoms with Crippen LogP contribution in [0.15, 0.2) is 30.9 Å². The maximum Gasteiger partial charge on any atom is 0.707 e. The van der Waals surface area contributed by atoms with E-state index in [4.69, 9.17) is 20.0 Å². The first-order valence-electron chi connectivity index (χ1n) is 6.02. The summed E-state index contributed by atoms with van der Waals surface area (Å²) in [5, 5.41) is 35.3.